The van der Waals surface area contributed by atoms with Crippen molar-refractivity contribution in [1.29, 1.82) is 0 Å². The van der Waals surface area contributed by atoms with Gasteiger partial charge in [0.05, 0.1) is 36.5 Å². The van der Waals surface area contributed by atoms with E-state index in [0.29, 0.717) is 17.9 Å². The first-order valence-electron chi connectivity index (χ1n) is 10.9. The first-order chi connectivity index (χ1) is 16.5. The van der Waals surface area contributed by atoms with Crippen molar-refractivity contribution in [3.8, 4) is 22.7 Å². The van der Waals surface area contributed by atoms with Crippen LogP contribution in [0.5, 0.6) is 5.75 Å². The molecule has 0 bridgehead atoms. The fourth-order valence-corrected chi connectivity index (χ4v) is 5.13. The van der Waals surface area contributed by atoms with Gasteiger partial charge < -0.3 is 4.74 Å². The number of hydrazone groups is 1. The molecule has 1 atom stereocenters. The number of nitrogens with zero attached hydrogens (tertiary/aromatic N) is 4. The molecule has 3 aromatic carbocycles. The number of sulfonamides is 1. The Balaban J connectivity index is 1.65. The van der Waals surface area contributed by atoms with Crippen LogP contribution in [0.1, 0.15) is 23.6 Å². The molecule has 1 aromatic heterocycles. The third-order valence-electron chi connectivity index (χ3n) is 5.80. The van der Waals surface area contributed by atoms with Crippen molar-refractivity contribution in [3.05, 3.63) is 102 Å². The lowest BCUT2D eigenvalue weighted by molar-refractivity contribution is 0.375. The number of methoxy groups -OCH3 is 1. The Labute approximate surface area is 199 Å². The number of hydrogen-bond acceptors (Lipinski definition) is 5. The summed E-state index contributed by atoms with van der Waals surface area (Å²) in [5.74, 6) is 0.651. The van der Waals surface area contributed by atoms with Crippen LogP contribution in [0.25, 0.3) is 16.9 Å². The van der Waals surface area contributed by atoms with Crippen molar-refractivity contribution in [3.63, 3.8) is 0 Å². The molecular weight excluding hydrogens is 448 g/mol. The molecule has 0 unspecified atom stereocenters. The van der Waals surface area contributed by atoms with Crippen LogP contribution in [0, 0.1) is 0 Å². The maximum Gasteiger partial charge on any atom is 0.247 e. The Bertz CT molecular complexity index is 1450. The summed E-state index contributed by atoms with van der Waals surface area (Å²) in [5.41, 5.74) is 4.73. The molecule has 5 rings (SSSR count). The molecule has 2 heterocycles. The van der Waals surface area contributed by atoms with Crippen LogP contribution in [0.2, 0.25) is 0 Å². The molecule has 1 aliphatic heterocycles. The topological polar surface area (TPSA) is 76.8 Å². The standard InChI is InChI=1S/C26H24N4O3S/c1-33-25-16-10-9-15-21(25)23-17-24(30(27-23)34(2,31)32)22-18-29(20-13-7-4-8-14-20)28-26(22)19-11-5-3-6-12-19/h3-16,18,24H,17H2,1-2H3/t24-/m1/s1. The van der Waals surface area contributed by atoms with Gasteiger partial charge in [-0.25, -0.2) is 13.1 Å². The molecule has 0 N–H and O–H groups in total. The van der Waals surface area contributed by atoms with Gasteiger partial charge in [-0.3, -0.25) is 0 Å². The summed E-state index contributed by atoms with van der Waals surface area (Å²) < 4.78 is 34.2. The van der Waals surface area contributed by atoms with E-state index in [1.54, 1.807) is 11.8 Å². The molecule has 0 saturated heterocycles. The zero-order valence-corrected chi connectivity index (χ0v) is 19.7. The monoisotopic (exact) mass is 472 g/mol. The Morgan fingerprint density at radius 3 is 2.24 bits per heavy atom. The van der Waals surface area contributed by atoms with Gasteiger partial charge in [0.2, 0.25) is 10.0 Å². The normalized spacial score (nSPS) is 15.9. The van der Waals surface area contributed by atoms with E-state index < -0.39 is 16.1 Å². The third kappa shape index (κ3) is 4.08. The van der Waals surface area contributed by atoms with E-state index in [1.165, 1.54) is 10.7 Å². The number of hydrogen-bond donors (Lipinski definition) is 0. The number of rotatable bonds is 6. The minimum Gasteiger partial charge on any atom is -0.496 e. The molecule has 7 nitrogen and oxygen atoms in total. The van der Waals surface area contributed by atoms with E-state index in [0.717, 1.165) is 28.1 Å². The first-order valence-corrected chi connectivity index (χ1v) is 12.7. The van der Waals surface area contributed by atoms with Crippen LogP contribution in [0.4, 0.5) is 0 Å². The minimum absolute atomic E-state index is 0.397. The third-order valence-corrected chi connectivity index (χ3v) is 6.82. The molecule has 0 radical (unpaired) electrons. The SMILES string of the molecule is COc1ccccc1C1=NN(S(C)(=O)=O)[C@@H](c2cn(-c3ccccc3)nc2-c2ccccc2)C1. The molecule has 0 spiro atoms. The summed E-state index contributed by atoms with van der Waals surface area (Å²) in [4.78, 5) is 0. The molecule has 0 amide bonds. The largest absolute Gasteiger partial charge is 0.496 e. The Kier molecular flexibility index (Phi) is 5.67. The van der Waals surface area contributed by atoms with Crippen LogP contribution < -0.4 is 4.74 Å². The lowest BCUT2D eigenvalue weighted by Crippen LogP contribution is -2.26. The first kappa shape index (κ1) is 21.9. The fraction of sp³-hybridized carbons (Fsp3) is 0.154. The molecule has 4 aromatic rings. The van der Waals surface area contributed by atoms with Crippen LogP contribution >= 0.6 is 0 Å². The summed E-state index contributed by atoms with van der Waals surface area (Å²) >= 11 is 0. The van der Waals surface area contributed by atoms with Gasteiger partial charge in [0, 0.05) is 29.3 Å². The minimum atomic E-state index is -3.65. The van der Waals surface area contributed by atoms with E-state index in [-0.39, 0.29) is 0 Å². The molecule has 1 aliphatic rings. The van der Waals surface area contributed by atoms with Gasteiger partial charge in [-0.05, 0) is 24.3 Å². The van der Waals surface area contributed by atoms with Crippen molar-refractivity contribution in [1.82, 2.24) is 14.2 Å². The van der Waals surface area contributed by atoms with Crippen LogP contribution in [0.3, 0.4) is 0 Å². The zero-order valence-electron chi connectivity index (χ0n) is 18.9. The maximum absolute atomic E-state index is 12.8. The van der Waals surface area contributed by atoms with E-state index in [1.807, 2.05) is 91.1 Å². The van der Waals surface area contributed by atoms with Gasteiger partial charge in [0.25, 0.3) is 0 Å². The van der Waals surface area contributed by atoms with E-state index >= 15 is 0 Å². The highest BCUT2D eigenvalue weighted by Gasteiger charge is 2.38. The van der Waals surface area contributed by atoms with Crippen molar-refractivity contribution in [2.24, 2.45) is 5.10 Å². The van der Waals surface area contributed by atoms with Gasteiger partial charge in [-0.15, -0.1) is 0 Å². The van der Waals surface area contributed by atoms with Crippen LogP contribution in [0.15, 0.2) is 96.2 Å². The molecule has 0 fully saturated rings. The number of aromatic nitrogens is 2. The van der Waals surface area contributed by atoms with Gasteiger partial charge in [0.1, 0.15) is 5.75 Å². The summed E-state index contributed by atoms with van der Waals surface area (Å²) in [5, 5.41) is 9.42. The smallest absolute Gasteiger partial charge is 0.247 e. The summed E-state index contributed by atoms with van der Waals surface area (Å²) in [6, 6.07) is 26.5. The zero-order chi connectivity index (χ0) is 23.7. The second-order valence-electron chi connectivity index (χ2n) is 8.08. The van der Waals surface area contributed by atoms with E-state index in [2.05, 4.69) is 5.10 Å². The highest BCUT2D eigenvalue weighted by Crippen LogP contribution is 2.40. The average Bonchev–Trinajstić information content (AvgIpc) is 3.50. The van der Waals surface area contributed by atoms with Crippen molar-refractivity contribution in [2.45, 2.75) is 12.5 Å². The Morgan fingerprint density at radius 2 is 1.56 bits per heavy atom. The predicted octanol–water partition coefficient (Wildman–Crippen LogP) is 4.66. The second-order valence-corrected chi connectivity index (χ2v) is 9.92. The second kappa shape index (κ2) is 8.79. The van der Waals surface area contributed by atoms with E-state index in [4.69, 9.17) is 9.84 Å². The quantitative estimate of drug-likeness (QED) is 0.409. The van der Waals surface area contributed by atoms with Gasteiger partial charge >= 0.3 is 0 Å². The lowest BCUT2D eigenvalue weighted by atomic mass is 9.97. The molecule has 0 saturated carbocycles. The van der Waals surface area contributed by atoms with E-state index in [9.17, 15) is 8.42 Å². The lowest BCUT2D eigenvalue weighted by Gasteiger charge is -2.21. The molecule has 8 heteroatoms. The molecule has 172 valence electrons. The summed E-state index contributed by atoms with van der Waals surface area (Å²) in [7, 11) is -2.05. The summed E-state index contributed by atoms with van der Waals surface area (Å²) in [6.45, 7) is 0. The van der Waals surface area contributed by atoms with Gasteiger partial charge in [-0.1, -0.05) is 60.7 Å². The highest BCUT2D eigenvalue weighted by molar-refractivity contribution is 7.88. The van der Waals surface area contributed by atoms with Crippen molar-refractivity contribution in [2.75, 3.05) is 13.4 Å². The number of benzene rings is 3. The summed E-state index contributed by atoms with van der Waals surface area (Å²) in [6.07, 6.45) is 3.48. The highest BCUT2D eigenvalue weighted by atomic mass is 32.2. The number of para-hydroxylation sites is 2. The van der Waals surface area contributed by atoms with Crippen LogP contribution in [-0.2, 0) is 10.0 Å². The number of ether oxygens (including phenoxy) is 1. The van der Waals surface area contributed by atoms with Crippen molar-refractivity contribution < 1.29 is 13.2 Å². The molecule has 0 aliphatic carbocycles. The maximum atomic E-state index is 12.8. The van der Waals surface area contributed by atoms with Crippen molar-refractivity contribution >= 4 is 15.7 Å². The Hall–Kier alpha value is -3.91. The van der Waals surface area contributed by atoms with Gasteiger partial charge in [-0.2, -0.15) is 14.6 Å². The Morgan fingerprint density at radius 1 is 0.912 bits per heavy atom. The molecule has 34 heavy (non-hydrogen) atoms. The van der Waals surface area contributed by atoms with Gasteiger partial charge in [0.15, 0.2) is 0 Å². The predicted molar refractivity (Wildman–Crippen MR) is 133 cm³/mol. The average molecular weight is 473 g/mol. The molecular formula is C26H24N4O3S. The van der Waals surface area contributed by atoms with Crippen LogP contribution in [-0.4, -0.2) is 41.7 Å². The fourth-order valence-electron chi connectivity index (χ4n) is 4.24.